The Hall–Kier alpha value is -1.51. The van der Waals surface area contributed by atoms with Gasteiger partial charge in [-0.25, -0.2) is 4.79 Å². The molecule has 0 radical (unpaired) electrons. The Bertz CT molecular complexity index is 261. The second-order valence-corrected chi connectivity index (χ2v) is 2.59. The highest BCUT2D eigenvalue weighted by Gasteiger charge is 2.04. The first-order chi connectivity index (χ1) is 5.68. The third-order valence-corrected chi connectivity index (χ3v) is 1.60. The van der Waals surface area contributed by atoms with E-state index in [0.29, 0.717) is 6.42 Å². The van der Waals surface area contributed by atoms with Gasteiger partial charge in [-0.1, -0.05) is 12.2 Å². The summed E-state index contributed by atoms with van der Waals surface area (Å²) in [6, 6.07) is 0. The first-order valence-corrected chi connectivity index (χ1v) is 3.67. The maximum atomic E-state index is 10.1. The van der Waals surface area contributed by atoms with Crippen molar-refractivity contribution >= 4 is 5.97 Å². The van der Waals surface area contributed by atoms with Crippen LogP contribution in [0.3, 0.4) is 0 Å². The second kappa shape index (κ2) is 3.76. The van der Waals surface area contributed by atoms with Crippen molar-refractivity contribution < 1.29 is 15.0 Å². The zero-order valence-corrected chi connectivity index (χ0v) is 6.47. The molecule has 0 aromatic rings. The van der Waals surface area contributed by atoms with Crippen LogP contribution in [0.1, 0.15) is 6.42 Å². The highest BCUT2D eigenvalue weighted by molar-refractivity contribution is 5.79. The molecule has 2 N–H and O–H groups in total. The van der Waals surface area contributed by atoms with Gasteiger partial charge in [0.1, 0.15) is 5.76 Å². The summed E-state index contributed by atoms with van der Waals surface area (Å²) in [5.74, 6) is -0.603. The molecule has 3 heteroatoms. The fourth-order valence-corrected chi connectivity index (χ4v) is 0.974. The number of carboxylic acids is 1. The van der Waals surface area contributed by atoms with Gasteiger partial charge in [0.25, 0.3) is 0 Å². The van der Waals surface area contributed by atoms with Gasteiger partial charge in [-0.3, -0.25) is 0 Å². The van der Waals surface area contributed by atoms with Crippen LogP contribution in [0.25, 0.3) is 0 Å². The third kappa shape index (κ3) is 2.62. The number of hydrogen-bond donors (Lipinski definition) is 2. The van der Waals surface area contributed by atoms with Gasteiger partial charge in [0.15, 0.2) is 0 Å². The molecule has 0 saturated heterocycles. The van der Waals surface area contributed by atoms with Gasteiger partial charge in [-0.05, 0) is 24.5 Å². The predicted octanol–water partition coefficient (Wildman–Crippen LogP) is 1.65. The minimum absolute atomic E-state index is 0.0944. The summed E-state index contributed by atoms with van der Waals surface area (Å²) in [6.45, 7) is 0. The Kier molecular flexibility index (Phi) is 2.69. The van der Waals surface area contributed by atoms with Crippen molar-refractivity contribution in [1.29, 1.82) is 0 Å². The highest BCUT2D eigenvalue weighted by Crippen LogP contribution is 2.15. The summed E-state index contributed by atoms with van der Waals surface area (Å²) < 4.78 is 0. The molecule has 0 amide bonds. The summed E-state index contributed by atoms with van der Waals surface area (Å²) >= 11 is 0. The number of hydrogen-bond acceptors (Lipinski definition) is 2. The van der Waals surface area contributed by atoms with Crippen LogP contribution in [0.2, 0.25) is 0 Å². The monoisotopic (exact) mass is 166 g/mol. The van der Waals surface area contributed by atoms with Crippen molar-refractivity contribution in [2.45, 2.75) is 6.42 Å². The summed E-state index contributed by atoms with van der Waals surface area (Å²) in [6.07, 6.45) is 8.38. The Labute approximate surface area is 70.3 Å². The first kappa shape index (κ1) is 8.59. The Morgan fingerprint density at radius 3 is 2.92 bits per heavy atom. The summed E-state index contributed by atoms with van der Waals surface area (Å²) in [5, 5.41) is 17.3. The van der Waals surface area contributed by atoms with Crippen LogP contribution in [0.15, 0.2) is 36.1 Å². The van der Waals surface area contributed by atoms with Crippen LogP contribution in [0, 0.1) is 5.92 Å². The van der Waals surface area contributed by atoms with Gasteiger partial charge in [0.05, 0.1) is 0 Å². The average Bonchev–Trinajstić information content (AvgIpc) is 2.03. The zero-order chi connectivity index (χ0) is 8.97. The lowest BCUT2D eigenvalue weighted by Gasteiger charge is -2.07. The van der Waals surface area contributed by atoms with Crippen LogP contribution < -0.4 is 0 Å². The van der Waals surface area contributed by atoms with Crippen LogP contribution in [-0.4, -0.2) is 16.2 Å². The maximum absolute atomic E-state index is 10.1. The van der Waals surface area contributed by atoms with Gasteiger partial charge in [0.2, 0.25) is 0 Å². The average molecular weight is 166 g/mol. The lowest BCUT2D eigenvalue weighted by atomic mass is 10.00. The molecule has 1 rings (SSSR count). The van der Waals surface area contributed by atoms with Gasteiger partial charge >= 0.3 is 5.97 Å². The molecule has 64 valence electrons. The van der Waals surface area contributed by atoms with Crippen molar-refractivity contribution in [3.05, 3.63) is 36.1 Å². The van der Waals surface area contributed by atoms with E-state index >= 15 is 0 Å². The Morgan fingerprint density at radius 1 is 1.67 bits per heavy atom. The molecular formula is C9H10O3. The number of aliphatic carboxylic acids is 1. The molecule has 3 nitrogen and oxygen atoms in total. The molecule has 1 atom stereocenters. The van der Waals surface area contributed by atoms with Gasteiger partial charge < -0.3 is 10.2 Å². The van der Waals surface area contributed by atoms with Crippen LogP contribution in [-0.2, 0) is 4.79 Å². The molecular weight excluding hydrogens is 156 g/mol. The van der Waals surface area contributed by atoms with Crippen molar-refractivity contribution in [2.75, 3.05) is 0 Å². The number of rotatable bonds is 2. The molecule has 1 aliphatic rings. The number of carbonyl (C=O) groups is 1. The van der Waals surface area contributed by atoms with E-state index < -0.39 is 5.97 Å². The molecule has 1 aliphatic carbocycles. The molecule has 1 unspecified atom stereocenters. The number of carboxylic acid groups (broad SMARTS) is 1. The topological polar surface area (TPSA) is 57.5 Å². The van der Waals surface area contributed by atoms with Crippen molar-refractivity contribution in [2.24, 2.45) is 5.92 Å². The van der Waals surface area contributed by atoms with E-state index in [9.17, 15) is 4.79 Å². The lowest BCUT2D eigenvalue weighted by molar-refractivity contribution is -0.131. The van der Waals surface area contributed by atoms with E-state index in [2.05, 4.69) is 0 Å². The minimum Gasteiger partial charge on any atom is -0.508 e. The van der Waals surface area contributed by atoms with Crippen LogP contribution in [0.5, 0.6) is 0 Å². The first-order valence-electron chi connectivity index (χ1n) is 3.67. The second-order valence-electron chi connectivity index (χ2n) is 2.59. The molecule has 12 heavy (non-hydrogen) atoms. The summed E-state index contributed by atoms with van der Waals surface area (Å²) in [7, 11) is 0. The largest absolute Gasteiger partial charge is 0.508 e. The smallest absolute Gasteiger partial charge is 0.327 e. The van der Waals surface area contributed by atoms with Gasteiger partial charge in [-0.2, -0.15) is 0 Å². The van der Waals surface area contributed by atoms with E-state index in [1.807, 2.05) is 0 Å². The molecule has 0 fully saturated rings. The van der Waals surface area contributed by atoms with Gasteiger partial charge in [0, 0.05) is 6.08 Å². The summed E-state index contributed by atoms with van der Waals surface area (Å²) in [4.78, 5) is 10.1. The minimum atomic E-state index is -0.942. The third-order valence-electron chi connectivity index (χ3n) is 1.60. The molecule has 0 saturated carbocycles. The highest BCUT2D eigenvalue weighted by atomic mass is 16.4. The van der Waals surface area contributed by atoms with E-state index in [-0.39, 0.29) is 11.7 Å². The van der Waals surface area contributed by atoms with Crippen molar-refractivity contribution in [3.63, 3.8) is 0 Å². The SMILES string of the molecule is O=C(O)/C=C/C1C=CC(O)=CC1. The molecule has 0 aliphatic heterocycles. The maximum Gasteiger partial charge on any atom is 0.327 e. The fraction of sp³-hybridized carbons (Fsp3) is 0.222. The molecule has 0 aromatic heterocycles. The molecule has 0 bridgehead atoms. The quantitative estimate of drug-likeness (QED) is 0.613. The van der Waals surface area contributed by atoms with E-state index in [0.717, 1.165) is 6.08 Å². The van der Waals surface area contributed by atoms with Crippen molar-refractivity contribution in [1.82, 2.24) is 0 Å². The fourth-order valence-electron chi connectivity index (χ4n) is 0.974. The summed E-state index contributed by atoms with van der Waals surface area (Å²) in [5.41, 5.74) is 0. The lowest BCUT2D eigenvalue weighted by Crippen LogP contribution is -1.97. The number of aliphatic hydroxyl groups excluding tert-OH is 1. The van der Waals surface area contributed by atoms with Crippen LogP contribution >= 0.6 is 0 Å². The Balaban J connectivity index is 2.49. The normalized spacial score (nSPS) is 22.7. The molecule has 0 aromatic carbocycles. The van der Waals surface area contributed by atoms with E-state index in [4.69, 9.17) is 10.2 Å². The molecule has 0 spiro atoms. The van der Waals surface area contributed by atoms with E-state index in [1.165, 1.54) is 0 Å². The van der Waals surface area contributed by atoms with Crippen molar-refractivity contribution in [3.8, 4) is 0 Å². The van der Waals surface area contributed by atoms with Crippen LogP contribution in [0.4, 0.5) is 0 Å². The standard InChI is InChI=1S/C9H10O3/c10-8-4-1-7(2-5-8)3-6-9(11)12/h1,3-7,10H,2H2,(H,11,12)/b6-3+. The molecule has 0 heterocycles. The Morgan fingerprint density at radius 2 is 2.42 bits per heavy atom. The van der Waals surface area contributed by atoms with E-state index in [1.54, 1.807) is 24.3 Å². The van der Waals surface area contributed by atoms with Gasteiger partial charge in [-0.15, -0.1) is 0 Å². The number of aliphatic hydroxyl groups is 1. The predicted molar refractivity (Wildman–Crippen MR) is 44.7 cm³/mol. The number of allylic oxidation sites excluding steroid dienone is 4. The zero-order valence-electron chi connectivity index (χ0n) is 6.47.